The minimum atomic E-state index is -0.541. The third-order valence-electron chi connectivity index (χ3n) is 4.38. The molecule has 0 bridgehead atoms. The molecule has 0 fully saturated rings. The molecule has 7 nitrogen and oxygen atoms in total. The first-order valence-corrected chi connectivity index (χ1v) is 11.5. The Kier molecular flexibility index (Phi) is 11.6. The Bertz CT molecular complexity index is 785. The summed E-state index contributed by atoms with van der Waals surface area (Å²) in [6, 6.07) is 18.8. The van der Waals surface area contributed by atoms with Crippen molar-refractivity contribution >= 4 is 12.2 Å². The molecular formula is C27H40N2O5. The van der Waals surface area contributed by atoms with Crippen LogP contribution in [0.5, 0.6) is 0 Å². The van der Waals surface area contributed by atoms with Crippen LogP contribution in [0, 0.1) is 0 Å². The van der Waals surface area contributed by atoms with Crippen LogP contribution >= 0.6 is 0 Å². The number of benzene rings is 2. The lowest BCUT2D eigenvalue weighted by atomic mass is 10.1. The van der Waals surface area contributed by atoms with E-state index >= 15 is 0 Å². The quantitative estimate of drug-likeness (QED) is 0.486. The van der Waals surface area contributed by atoms with Gasteiger partial charge in [-0.3, -0.25) is 0 Å². The molecule has 2 rings (SSSR count). The Labute approximate surface area is 203 Å². The first-order chi connectivity index (χ1) is 15.8. The highest BCUT2D eigenvalue weighted by molar-refractivity contribution is 5.68. The molecule has 2 amide bonds. The molecule has 0 saturated carbocycles. The zero-order chi connectivity index (χ0) is 25.8. The first kappa shape index (κ1) is 29.0. The summed E-state index contributed by atoms with van der Waals surface area (Å²) in [5, 5.41) is 14.8. The maximum atomic E-state index is 11.7. The third kappa shape index (κ3) is 12.3. The summed E-state index contributed by atoms with van der Waals surface area (Å²) < 4.78 is 10.4. The number of carbonyl (C=O) groups is 2. The lowest BCUT2D eigenvalue weighted by Crippen LogP contribution is -2.36. The van der Waals surface area contributed by atoms with Crippen molar-refractivity contribution in [3.05, 3.63) is 71.8 Å². The zero-order valence-corrected chi connectivity index (χ0v) is 21.4. The average molecular weight is 473 g/mol. The predicted molar refractivity (Wildman–Crippen MR) is 134 cm³/mol. The van der Waals surface area contributed by atoms with Crippen molar-refractivity contribution in [3.63, 3.8) is 0 Å². The van der Waals surface area contributed by atoms with E-state index in [1.165, 1.54) is 0 Å². The lowest BCUT2D eigenvalue weighted by molar-refractivity contribution is 0.0477. The van der Waals surface area contributed by atoms with Gasteiger partial charge in [0.25, 0.3) is 0 Å². The highest BCUT2D eigenvalue weighted by Crippen LogP contribution is 2.17. The van der Waals surface area contributed by atoms with Crippen molar-refractivity contribution in [3.8, 4) is 0 Å². The van der Waals surface area contributed by atoms with Crippen molar-refractivity contribution in [2.24, 2.45) is 0 Å². The van der Waals surface area contributed by atoms with Gasteiger partial charge in [-0.25, -0.2) is 9.59 Å². The van der Waals surface area contributed by atoms with Gasteiger partial charge in [-0.15, -0.1) is 0 Å². The second-order valence-electron chi connectivity index (χ2n) is 9.81. The normalized spacial score (nSPS) is 12.9. The van der Waals surface area contributed by atoms with Crippen molar-refractivity contribution in [2.45, 2.75) is 78.2 Å². The number of hydrogen-bond acceptors (Lipinski definition) is 5. The number of hydrogen-bond donors (Lipinski definition) is 3. The molecule has 0 aliphatic heterocycles. The minimum Gasteiger partial charge on any atom is -0.444 e. The highest BCUT2D eigenvalue weighted by atomic mass is 16.6. The van der Waals surface area contributed by atoms with Crippen LogP contribution in [0.3, 0.4) is 0 Å². The van der Waals surface area contributed by atoms with Crippen molar-refractivity contribution in [1.29, 1.82) is 0 Å². The fraction of sp³-hybridized carbons (Fsp3) is 0.481. The number of amides is 2. The lowest BCUT2D eigenvalue weighted by Gasteiger charge is -2.23. The van der Waals surface area contributed by atoms with Crippen LogP contribution in [0.25, 0.3) is 0 Å². The van der Waals surface area contributed by atoms with E-state index in [0.29, 0.717) is 0 Å². The fourth-order valence-corrected chi connectivity index (χ4v) is 2.93. The van der Waals surface area contributed by atoms with Crippen molar-refractivity contribution in [2.75, 3.05) is 6.61 Å². The van der Waals surface area contributed by atoms with Gasteiger partial charge in [-0.1, -0.05) is 67.6 Å². The number of nitrogens with one attached hydrogen (secondary N) is 2. The third-order valence-corrected chi connectivity index (χ3v) is 4.38. The molecule has 7 heteroatoms. The molecule has 0 unspecified atom stereocenters. The van der Waals surface area contributed by atoms with E-state index in [0.717, 1.165) is 17.5 Å². The number of alkyl carbamates (subject to hydrolysis) is 2. The molecule has 34 heavy (non-hydrogen) atoms. The number of aliphatic hydroxyl groups is 1. The molecule has 2 aromatic carbocycles. The second kappa shape index (κ2) is 13.6. The van der Waals surface area contributed by atoms with Gasteiger partial charge in [-0.2, -0.15) is 0 Å². The maximum Gasteiger partial charge on any atom is 0.408 e. The number of ether oxygens (including phenoxy) is 2. The van der Waals surface area contributed by atoms with E-state index < -0.39 is 23.3 Å². The monoisotopic (exact) mass is 472 g/mol. The summed E-state index contributed by atoms with van der Waals surface area (Å²) in [6.07, 6.45) is -0.0582. The minimum absolute atomic E-state index is 0.00560. The molecule has 0 aliphatic rings. The van der Waals surface area contributed by atoms with Gasteiger partial charge in [0.05, 0.1) is 18.7 Å². The predicted octanol–water partition coefficient (Wildman–Crippen LogP) is 5.91. The van der Waals surface area contributed by atoms with Gasteiger partial charge >= 0.3 is 12.2 Å². The molecule has 3 N–H and O–H groups in total. The van der Waals surface area contributed by atoms with Crippen LogP contribution in [0.15, 0.2) is 60.7 Å². The summed E-state index contributed by atoms with van der Waals surface area (Å²) in [7, 11) is 0. The average Bonchev–Trinajstić information content (AvgIpc) is 2.75. The van der Waals surface area contributed by atoms with Gasteiger partial charge in [0.1, 0.15) is 11.2 Å². The molecule has 2 aromatic rings. The van der Waals surface area contributed by atoms with Crippen LogP contribution in [-0.2, 0) is 9.47 Å². The highest BCUT2D eigenvalue weighted by Gasteiger charge is 2.20. The second-order valence-corrected chi connectivity index (χ2v) is 9.81. The van der Waals surface area contributed by atoms with Gasteiger partial charge < -0.3 is 25.2 Å². The van der Waals surface area contributed by atoms with Gasteiger partial charge in [0.2, 0.25) is 0 Å². The summed E-state index contributed by atoms with van der Waals surface area (Å²) in [5.41, 5.74) is 0.946. The number of carbonyl (C=O) groups excluding carboxylic acids is 2. The van der Waals surface area contributed by atoms with Crippen LogP contribution in [0.4, 0.5) is 9.59 Å². The molecule has 0 aliphatic carbocycles. The van der Waals surface area contributed by atoms with Gasteiger partial charge in [0.15, 0.2) is 0 Å². The largest absolute Gasteiger partial charge is 0.444 e. The standard InChI is InChI=1S/C14H21NO2.C13H19NO3/c1-5-12(11-9-7-6-8-10-11)15-13(16)17-14(2,3)4;1-13(2,3)17-12(16)14-11(9-15)10-7-5-4-6-8-10/h6-10,12H,5H2,1-4H3,(H,15,16);4-8,11,15H,9H2,1-3H3,(H,14,16)/t12-;11-/m11/s1. The Morgan fingerprint density at radius 2 is 1.09 bits per heavy atom. The van der Waals surface area contributed by atoms with E-state index in [9.17, 15) is 14.7 Å². The summed E-state index contributed by atoms with van der Waals surface area (Å²) in [6.45, 7) is 12.8. The maximum absolute atomic E-state index is 11.7. The summed E-state index contributed by atoms with van der Waals surface area (Å²) >= 11 is 0. The van der Waals surface area contributed by atoms with Crippen LogP contribution < -0.4 is 10.6 Å². The summed E-state index contributed by atoms with van der Waals surface area (Å²) in [5.74, 6) is 0. The SMILES string of the molecule is CC(C)(C)OC(=O)N[C@H](CO)c1ccccc1.CC[C@@H](NC(=O)OC(C)(C)C)c1ccccc1. The Morgan fingerprint density at radius 3 is 1.41 bits per heavy atom. The van der Waals surface area contributed by atoms with E-state index in [1.807, 2.05) is 88.4 Å². The topological polar surface area (TPSA) is 96.9 Å². The molecule has 188 valence electrons. The Balaban J connectivity index is 0.000000340. The van der Waals surface area contributed by atoms with Gasteiger partial charge in [0, 0.05) is 0 Å². The molecule has 0 spiro atoms. The zero-order valence-electron chi connectivity index (χ0n) is 21.4. The Morgan fingerprint density at radius 1 is 0.735 bits per heavy atom. The number of aliphatic hydroxyl groups excluding tert-OH is 1. The van der Waals surface area contributed by atoms with E-state index in [2.05, 4.69) is 10.6 Å². The molecule has 0 aromatic heterocycles. The van der Waals surface area contributed by atoms with E-state index in [4.69, 9.17) is 9.47 Å². The molecular weight excluding hydrogens is 432 g/mol. The van der Waals surface area contributed by atoms with Crippen LogP contribution in [0.1, 0.15) is 78.1 Å². The molecule has 0 radical (unpaired) electrons. The van der Waals surface area contributed by atoms with Crippen molar-refractivity contribution < 1.29 is 24.2 Å². The molecule has 0 heterocycles. The fourth-order valence-electron chi connectivity index (χ4n) is 2.93. The van der Waals surface area contributed by atoms with E-state index in [1.54, 1.807) is 20.8 Å². The van der Waals surface area contributed by atoms with Crippen molar-refractivity contribution in [1.82, 2.24) is 10.6 Å². The Hall–Kier alpha value is -3.06. The summed E-state index contributed by atoms with van der Waals surface area (Å²) in [4.78, 5) is 23.2. The molecule has 2 atom stereocenters. The van der Waals surface area contributed by atoms with Crippen LogP contribution in [0.2, 0.25) is 0 Å². The van der Waals surface area contributed by atoms with Crippen LogP contribution in [-0.4, -0.2) is 35.1 Å². The smallest absolute Gasteiger partial charge is 0.408 e. The van der Waals surface area contributed by atoms with E-state index in [-0.39, 0.29) is 18.7 Å². The first-order valence-electron chi connectivity index (χ1n) is 11.5. The molecule has 0 saturated heterocycles. The van der Waals surface area contributed by atoms with Gasteiger partial charge in [-0.05, 0) is 59.1 Å². The number of rotatable bonds is 6.